The summed E-state index contributed by atoms with van der Waals surface area (Å²) in [5, 5.41) is 11.9. The van der Waals surface area contributed by atoms with Crippen LogP contribution in [0.25, 0.3) is 11.1 Å². The van der Waals surface area contributed by atoms with Crippen molar-refractivity contribution in [2.24, 2.45) is 10.2 Å². The number of para-hydroxylation sites is 2. The molecule has 1 unspecified atom stereocenters. The zero-order chi connectivity index (χ0) is 15.6. The molecule has 112 valence electrons. The van der Waals surface area contributed by atoms with Gasteiger partial charge in [0.2, 0.25) is 0 Å². The molecule has 3 rings (SSSR count). The molecule has 0 saturated heterocycles. The lowest BCUT2D eigenvalue weighted by molar-refractivity contribution is 0.610. The first-order chi connectivity index (χ1) is 10.6. The minimum Gasteiger partial charge on any atom is -0.398 e. The zero-order valence-corrected chi connectivity index (χ0v) is 12.9. The highest BCUT2D eigenvalue weighted by atomic mass is 15.2. The monoisotopic (exact) mass is 292 g/mol. The standard InChI is InChI=1S/C18H20N4/c1-13-11-18(2,22-21-13)12-20-17-10-6-4-8-15(17)14-7-3-5-9-16(14)19/h3-11,20H,12,19H2,1-2H3. The quantitative estimate of drug-likeness (QED) is 0.816. The van der Waals surface area contributed by atoms with Gasteiger partial charge in [-0.3, -0.25) is 0 Å². The summed E-state index contributed by atoms with van der Waals surface area (Å²) < 4.78 is 0. The third-order valence-corrected chi connectivity index (χ3v) is 3.77. The molecule has 0 radical (unpaired) electrons. The van der Waals surface area contributed by atoms with Crippen LogP contribution in [0.2, 0.25) is 0 Å². The number of allylic oxidation sites excluding steroid dienone is 1. The van der Waals surface area contributed by atoms with E-state index >= 15 is 0 Å². The first-order valence-corrected chi connectivity index (χ1v) is 7.38. The Balaban J connectivity index is 1.87. The highest BCUT2D eigenvalue weighted by molar-refractivity contribution is 5.85. The van der Waals surface area contributed by atoms with Crippen LogP contribution in [-0.4, -0.2) is 12.1 Å². The number of anilines is 2. The maximum Gasteiger partial charge on any atom is 0.116 e. The molecule has 0 amide bonds. The second-order valence-electron chi connectivity index (χ2n) is 5.83. The van der Waals surface area contributed by atoms with Gasteiger partial charge in [-0.2, -0.15) is 10.2 Å². The molecule has 0 fully saturated rings. The molecule has 0 bridgehead atoms. The average Bonchev–Trinajstić information content (AvgIpc) is 2.86. The van der Waals surface area contributed by atoms with Crippen LogP contribution in [0.1, 0.15) is 13.8 Å². The van der Waals surface area contributed by atoms with Crippen molar-refractivity contribution in [3.63, 3.8) is 0 Å². The van der Waals surface area contributed by atoms with Crippen molar-refractivity contribution in [2.45, 2.75) is 19.4 Å². The van der Waals surface area contributed by atoms with E-state index in [0.717, 1.165) is 28.2 Å². The van der Waals surface area contributed by atoms with Gasteiger partial charge in [-0.05, 0) is 32.1 Å². The second kappa shape index (κ2) is 5.64. The first kappa shape index (κ1) is 14.3. The van der Waals surface area contributed by atoms with E-state index in [1.165, 1.54) is 0 Å². The van der Waals surface area contributed by atoms with Crippen molar-refractivity contribution in [3.05, 3.63) is 60.3 Å². The van der Waals surface area contributed by atoms with Crippen molar-refractivity contribution in [2.75, 3.05) is 17.6 Å². The number of nitrogen functional groups attached to an aromatic ring is 1. The normalized spacial score (nSPS) is 20.0. The van der Waals surface area contributed by atoms with Gasteiger partial charge in [0.1, 0.15) is 5.54 Å². The van der Waals surface area contributed by atoms with Gasteiger partial charge in [-0.15, -0.1) is 0 Å². The summed E-state index contributed by atoms with van der Waals surface area (Å²) in [6.07, 6.45) is 2.08. The number of hydrogen-bond donors (Lipinski definition) is 2. The molecule has 0 spiro atoms. The Labute approximate surface area is 130 Å². The fourth-order valence-corrected chi connectivity index (χ4v) is 2.68. The molecule has 2 aromatic carbocycles. The van der Waals surface area contributed by atoms with Gasteiger partial charge in [0.05, 0.1) is 5.70 Å². The van der Waals surface area contributed by atoms with E-state index in [-0.39, 0.29) is 5.54 Å². The number of hydrogen-bond acceptors (Lipinski definition) is 4. The predicted octanol–water partition coefficient (Wildman–Crippen LogP) is 4.48. The molecule has 4 nitrogen and oxygen atoms in total. The van der Waals surface area contributed by atoms with Crippen LogP contribution in [0, 0.1) is 0 Å². The number of azo groups is 1. The molecule has 1 aliphatic heterocycles. The fraction of sp³-hybridized carbons (Fsp3) is 0.222. The Hall–Kier alpha value is -2.62. The van der Waals surface area contributed by atoms with E-state index in [9.17, 15) is 0 Å². The average molecular weight is 292 g/mol. The van der Waals surface area contributed by atoms with Crippen molar-refractivity contribution in [1.29, 1.82) is 0 Å². The molecule has 0 aliphatic carbocycles. The van der Waals surface area contributed by atoms with Crippen LogP contribution < -0.4 is 11.1 Å². The van der Waals surface area contributed by atoms with Crippen molar-refractivity contribution in [3.8, 4) is 11.1 Å². The van der Waals surface area contributed by atoms with Crippen LogP contribution in [0.3, 0.4) is 0 Å². The Morgan fingerprint density at radius 2 is 1.73 bits per heavy atom. The van der Waals surface area contributed by atoms with E-state index in [2.05, 4.69) is 40.7 Å². The molecule has 3 N–H and O–H groups in total. The van der Waals surface area contributed by atoms with Gasteiger partial charge in [0.25, 0.3) is 0 Å². The minimum absolute atomic E-state index is 0.292. The number of nitrogens with zero attached hydrogens (tertiary/aromatic N) is 2. The largest absolute Gasteiger partial charge is 0.398 e. The van der Waals surface area contributed by atoms with Crippen LogP contribution in [0.15, 0.2) is 70.5 Å². The van der Waals surface area contributed by atoms with Gasteiger partial charge in [0.15, 0.2) is 0 Å². The minimum atomic E-state index is -0.292. The van der Waals surface area contributed by atoms with Gasteiger partial charge in [-0.1, -0.05) is 36.4 Å². The van der Waals surface area contributed by atoms with Crippen molar-refractivity contribution < 1.29 is 0 Å². The fourth-order valence-electron chi connectivity index (χ4n) is 2.68. The number of rotatable bonds is 4. The van der Waals surface area contributed by atoms with E-state index < -0.39 is 0 Å². The van der Waals surface area contributed by atoms with Crippen LogP contribution >= 0.6 is 0 Å². The molecule has 1 heterocycles. The second-order valence-corrected chi connectivity index (χ2v) is 5.83. The van der Waals surface area contributed by atoms with E-state index in [0.29, 0.717) is 6.54 Å². The third kappa shape index (κ3) is 2.86. The Bertz CT molecular complexity index is 748. The van der Waals surface area contributed by atoms with Gasteiger partial charge in [0, 0.05) is 29.0 Å². The van der Waals surface area contributed by atoms with Crippen molar-refractivity contribution in [1.82, 2.24) is 0 Å². The molecular formula is C18H20N4. The lowest BCUT2D eigenvalue weighted by Gasteiger charge is -2.20. The van der Waals surface area contributed by atoms with Crippen molar-refractivity contribution >= 4 is 11.4 Å². The van der Waals surface area contributed by atoms with Crippen LogP contribution in [0.4, 0.5) is 11.4 Å². The Morgan fingerprint density at radius 3 is 2.41 bits per heavy atom. The van der Waals surface area contributed by atoms with Crippen LogP contribution in [0.5, 0.6) is 0 Å². The summed E-state index contributed by atoms with van der Waals surface area (Å²) in [5.74, 6) is 0. The molecule has 0 aromatic heterocycles. The van der Waals surface area contributed by atoms with Gasteiger partial charge < -0.3 is 11.1 Å². The Kier molecular flexibility index (Phi) is 3.67. The molecule has 1 aliphatic rings. The lowest BCUT2D eigenvalue weighted by atomic mass is 10.00. The number of benzene rings is 2. The highest BCUT2D eigenvalue weighted by Gasteiger charge is 2.25. The summed E-state index contributed by atoms with van der Waals surface area (Å²) in [5.41, 5.74) is 10.7. The lowest BCUT2D eigenvalue weighted by Crippen LogP contribution is -2.27. The molecule has 4 heteroatoms. The summed E-state index contributed by atoms with van der Waals surface area (Å²) in [6.45, 7) is 4.73. The maximum atomic E-state index is 6.11. The summed E-state index contributed by atoms with van der Waals surface area (Å²) >= 11 is 0. The molecule has 22 heavy (non-hydrogen) atoms. The van der Waals surface area contributed by atoms with Crippen LogP contribution in [-0.2, 0) is 0 Å². The summed E-state index contributed by atoms with van der Waals surface area (Å²) in [6, 6.07) is 16.1. The van der Waals surface area contributed by atoms with E-state index in [4.69, 9.17) is 5.73 Å². The summed E-state index contributed by atoms with van der Waals surface area (Å²) in [4.78, 5) is 0. The molecule has 2 aromatic rings. The zero-order valence-electron chi connectivity index (χ0n) is 12.9. The predicted molar refractivity (Wildman–Crippen MR) is 91.8 cm³/mol. The summed E-state index contributed by atoms with van der Waals surface area (Å²) in [7, 11) is 0. The first-order valence-electron chi connectivity index (χ1n) is 7.38. The Morgan fingerprint density at radius 1 is 1.05 bits per heavy atom. The maximum absolute atomic E-state index is 6.11. The molecule has 0 saturated carbocycles. The topological polar surface area (TPSA) is 62.8 Å². The highest BCUT2D eigenvalue weighted by Crippen LogP contribution is 2.33. The smallest absolute Gasteiger partial charge is 0.116 e. The van der Waals surface area contributed by atoms with E-state index in [1.807, 2.05) is 43.3 Å². The molecule has 1 atom stereocenters. The third-order valence-electron chi connectivity index (χ3n) is 3.77. The number of nitrogens with one attached hydrogen (secondary N) is 1. The van der Waals surface area contributed by atoms with E-state index in [1.54, 1.807) is 0 Å². The molecular weight excluding hydrogens is 272 g/mol. The number of nitrogens with two attached hydrogens (primary N) is 1. The SMILES string of the molecule is CC1=CC(C)(CNc2ccccc2-c2ccccc2N)N=N1. The van der Waals surface area contributed by atoms with Gasteiger partial charge >= 0.3 is 0 Å². The van der Waals surface area contributed by atoms with Gasteiger partial charge in [-0.25, -0.2) is 0 Å².